The Balaban J connectivity index is 1.75. The molecule has 1 saturated heterocycles. The number of benzene rings is 1. The molecule has 1 aliphatic rings. The molecule has 0 aliphatic carbocycles. The van der Waals surface area contributed by atoms with Gasteiger partial charge in [-0.25, -0.2) is 4.98 Å². The Hall–Kier alpha value is -2.49. The van der Waals surface area contributed by atoms with Crippen molar-refractivity contribution in [1.29, 1.82) is 0 Å². The molecule has 1 fully saturated rings. The standard InChI is InChI=1S/C17H17N3O/c1-21-15-5-2-4-13(10-15)16-12-20-9-6-14(11-17(20)18-16)19-7-3-8-19/h2,4-6,9-12H,3,7-8H2,1H3. The summed E-state index contributed by atoms with van der Waals surface area (Å²) in [4.78, 5) is 7.12. The molecule has 4 nitrogen and oxygen atoms in total. The van der Waals surface area contributed by atoms with Crippen molar-refractivity contribution in [3.63, 3.8) is 0 Å². The second kappa shape index (κ2) is 4.81. The lowest BCUT2D eigenvalue weighted by Crippen LogP contribution is -2.36. The van der Waals surface area contributed by atoms with Crippen LogP contribution < -0.4 is 9.64 Å². The maximum Gasteiger partial charge on any atom is 0.139 e. The molecule has 0 radical (unpaired) electrons. The number of aromatic nitrogens is 2. The third kappa shape index (κ3) is 2.13. The van der Waals surface area contributed by atoms with Gasteiger partial charge in [0.2, 0.25) is 0 Å². The minimum absolute atomic E-state index is 0.853. The third-order valence-corrected chi connectivity index (χ3v) is 4.03. The zero-order valence-electron chi connectivity index (χ0n) is 12.0. The Kier molecular flexibility index (Phi) is 2.81. The number of imidazole rings is 1. The Morgan fingerprint density at radius 2 is 2.05 bits per heavy atom. The molecule has 1 aromatic carbocycles. The first-order valence-corrected chi connectivity index (χ1v) is 7.22. The molecule has 0 amide bonds. The fourth-order valence-electron chi connectivity index (χ4n) is 2.66. The van der Waals surface area contributed by atoms with Gasteiger partial charge in [0, 0.05) is 42.8 Å². The van der Waals surface area contributed by atoms with Crippen LogP contribution in [0.4, 0.5) is 5.69 Å². The van der Waals surface area contributed by atoms with Gasteiger partial charge in [-0.3, -0.25) is 0 Å². The van der Waals surface area contributed by atoms with E-state index in [0.29, 0.717) is 0 Å². The number of methoxy groups -OCH3 is 1. The predicted octanol–water partition coefficient (Wildman–Crippen LogP) is 3.22. The topological polar surface area (TPSA) is 29.8 Å². The minimum atomic E-state index is 0.853. The molecule has 0 bridgehead atoms. The molecule has 2 aromatic heterocycles. The minimum Gasteiger partial charge on any atom is -0.497 e. The van der Waals surface area contributed by atoms with Crippen LogP contribution in [-0.2, 0) is 0 Å². The molecule has 106 valence electrons. The number of fused-ring (bicyclic) bond motifs is 1. The second-order valence-corrected chi connectivity index (χ2v) is 5.35. The van der Waals surface area contributed by atoms with Crippen molar-refractivity contribution in [2.24, 2.45) is 0 Å². The lowest BCUT2D eigenvalue weighted by molar-refractivity contribution is 0.415. The molecule has 3 aromatic rings. The van der Waals surface area contributed by atoms with Gasteiger partial charge < -0.3 is 14.0 Å². The van der Waals surface area contributed by atoms with E-state index in [1.807, 2.05) is 18.2 Å². The van der Waals surface area contributed by atoms with Crippen LogP contribution in [0.15, 0.2) is 48.8 Å². The van der Waals surface area contributed by atoms with E-state index in [4.69, 9.17) is 9.72 Å². The number of nitrogens with zero attached hydrogens (tertiary/aromatic N) is 3. The van der Waals surface area contributed by atoms with Crippen LogP contribution in [0.1, 0.15) is 6.42 Å². The van der Waals surface area contributed by atoms with E-state index in [1.54, 1.807) is 7.11 Å². The fraction of sp³-hybridized carbons (Fsp3) is 0.235. The van der Waals surface area contributed by atoms with Crippen LogP contribution in [0.3, 0.4) is 0 Å². The van der Waals surface area contributed by atoms with Crippen molar-refractivity contribution in [1.82, 2.24) is 9.38 Å². The molecule has 3 heterocycles. The summed E-state index contributed by atoms with van der Waals surface area (Å²) < 4.78 is 7.35. The largest absolute Gasteiger partial charge is 0.497 e. The summed E-state index contributed by atoms with van der Waals surface area (Å²) in [6.45, 7) is 2.30. The average molecular weight is 279 g/mol. The van der Waals surface area contributed by atoms with Gasteiger partial charge in [0.05, 0.1) is 12.8 Å². The predicted molar refractivity (Wildman–Crippen MR) is 84.0 cm³/mol. The summed E-state index contributed by atoms with van der Waals surface area (Å²) in [7, 11) is 1.68. The van der Waals surface area contributed by atoms with Gasteiger partial charge in [-0.2, -0.15) is 0 Å². The van der Waals surface area contributed by atoms with Gasteiger partial charge in [0.25, 0.3) is 0 Å². The molecule has 21 heavy (non-hydrogen) atoms. The molecule has 0 atom stereocenters. The molecule has 0 N–H and O–H groups in total. The van der Waals surface area contributed by atoms with Crippen molar-refractivity contribution >= 4 is 11.3 Å². The Morgan fingerprint density at radius 3 is 2.81 bits per heavy atom. The number of hydrogen-bond acceptors (Lipinski definition) is 3. The Morgan fingerprint density at radius 1 is 1.14 bits per heavy atom. The van der Waals surface area contributed by atoms with Crippen molar-refractivity contribution in [3.8, 4) is 17.0 Å². The van der Waals surface area contributed by atoms with Gasteiger partial charge in [-0.15, -0.1) is 0 Å². The zero-order valence-corrected chi connectivity index (χ0v) is 12.0. The van der Waals surface area contributed by atoms with Gasteiger partial charge in [-0.1, -0.05) is 12.1 Å². The quantitative estimate of drug-likeness (QED) is 0.737. The van der Waals surface area contributed by atoms with Gasteiger partial charge in [0.1, 0.15) is 11.4 Å². The Labute approximate surface area is 123 Å². The van der Waals surface area contributed by atoms with Crippen LogP contribution in [-0.4, -0.2) is 29.6 Å². The zero-order chi connectivity index (χ0) is 14.2. The van der Waals surface area contributed by atoms with Crippen molar-refractivity contribution in [3.05, 3.63) is 48.8 Å². The highest BCUT2D eigenvalue weighted by molar-refractivity contribution is 5.66. The molecule has 0 spiro atoms. The van der Waals surface area contributed by atoms with E-state index in [-0.39, 0.29) is 0 Å². The van der Waals surface area contributed by atoms with Crippen molar-refractivity contribution in [2.75, 3.05) is 25.1 Å². The molecular formula is C17H17N3O. The molecular weight excluding hydrogens is 262 g/mol. The summed E-state index contributed by atoms with van der Waals surface area (Å²) in [6.07, 6.45) is 5.43. The van der Waals surface area contributed by atoms with Crippen LogP contribution in [0.5, 0.6) is 5.75 Å². The SMILES string of the molecule is COc1cccc(-c2cn3ccc(N4CCC4)cc3n2)c1. The van der Waals surface area contributed by atoms with E-state index < -0.39 is 0 Å². The highest BCUT2D eigenvalue weighted by atomic mass is 16.5. The average Bonchev–Trinajstić information content (AvgIpc) is 2.89. The molecule has 4 rings (SSSR count). The summed E-state index contributed by atoms with van der Waals surface area (Å²) in [5.74, 6) is 0.853. The monoisotopic (exact) mass is 279 g/mol. The van der Waals surface area contributed by atoms with E-state index >= 15 is 0 Å². The van der Waals surface area contributed by atoms with Crippen LogP contribution in [0.25, 0.3) is 16.9 Å². The molecule has 0 saturated carbocycles. The van der Waals surface area contributed by atoms with E-state index in [2.05, 4.69) is 39.9 Å². The van der Waals surface area contributed by atoms with Crippen LogP contribution in [0.2, 0.25) is 0 Å². The molecule has 0 unspecified atom stereocenters. The number of hydrogen-bond donors (Lipinski definition) is 0. The number of ether oxygens (including phenoxy) is 1. The lowest BCUT2D eigenvalue weighted by atomic mass is 10.1. The second-order valence-electron chi connectivity index (χ2n) is 5.35. The summed E-state index contributed by atoms with van der Waals surface area (Å²) in [5.41, 5.74) is 4.28. The van der Waals surface area contributed by atoms with Crippen molar-refractivity contribution < 1.29 is 4.74 Å². The van der Waals surface area contributed by atoms with Gasteiger partial charge in [0.15, 0.2) is 0 Å². The van der Waals surface area contributed by atoms with Crippen LogP contribution in [0, 0.1) is 0 Å². The van der Waals surface area contributed by atoms with Crippen LogP contribution >= 0.6 is 0 Å². The van der Waals surface area contributed by atoms with E-state index in [1.165, 1.54) is 12.1 Å². The van der Waals surface area contributed by atoms with E-state index in [0.717, 1.165) is 35.7 Å². The smallest absolute Gasteiger partial charge is 0.139 e. The molecule has 4 heteroatoms. The molecule has 1 aliphatic heterocycles. The Bertz CT molecular complexity index is 790. The third-order valence-electron chi connectivity index (χ3n) is 4.03. The number of rotatable bonds is 3. The lowest BCUT2D eigenvalue weighted by Gasteiger charge is -2.33. The summed E-state index contributed by atoms with van der Waals surface area (Å²) in [5, 5.41) is 0. The normalized spacial score (nSPS) is 14.2. The number of pyridine rings is 1. The highest BCUT2D eigenvalue weighted by Crippen LogP contribution is 2.26. The van der Waals surface area contributed by atoms with Crippen molar-refractivity contribution in [2.45, 2.75) is 6.42 Å². The highest BCUT2D eigenvalue weighted by Gasteiger charge is 2.15. The maximum atomic E-state index is 5.28. The van der Waals surface area contributed by atoms with Gasteiger partial charge in [-0.05, 0) is 24.6 Å². The first-order chi connectivity index (χ1) is 10.3. The summed E-state index contributed by atoms with van der Waals surface area (Å²) >= 11 is 0. The maximum absolute atomic E-state index is 5.28. The first kappa shape index (κ1) is 12.3. The number of anilines is 1. The van der Waals surface area contributed by atoms with E-state index in [9.17, 15) is 0 Å². The first-order valence-electron chi connectivity index (χ1n) is 7.22. The van der Waals surface area contributed by atoms with Gasteiger partial charge >= 0.3 is 0 Å². The fourth-order valence-corrected chi connectivity index (χ4v) is 2.66. The summed E-state index contributed by atoms with van der Waals surface area (Å²) in [6, 6.07) is 12.3.